The molecule has 3 unspecified atom stereocenters. The quantitative estimate of drug-likeness (QED) is 0.0817. The Kier molecular flexibility index (Phi) is 14.7. The maximum Gasteiger partial charge on any atom is 0.246 e. The summed E-state index contributed by atoms with van der Waals surface area (Å²) in [5, 5.41) is 17.1. The topological polar surface area (TPSA) is 137 Å². The Hall–Kier alpha value is -5.87. The Bertz CT molecular complexity index is 2740. The molecule has 3 saturated heterocycles. The number of hydrogen-bond donors (Lipinski definition) is 3. The molecular weight excluding hydrogens is 912 g/mol. The second kappa shape index (κ2) is 21.0. The standard InChI is InChI=1S/C54H61FN6O6S2/c1-34-49(68-33-57-34)36-11-9-35(10-12-36)28-56-52(64)45-7-5-24-61(45)53(65)51(54(2,3)4)58-47(63)8-6-23-59-29-38-31-60(32-39(38)30-59)25-26-66-42-18-20-43(21-19-42)67-48-44-22-17-41(62)27-46(44)69-50(48)37-13-15-40(55)16-14-37/h9-22,27,33,38-39,45,51,62H,5-8,23-26,28-32H2,1-4H3,(H,56,64)(H,58,63)/t38?,39?,45-,51?/m0/s1. The summed E-state index contributed by atoms with van der Waals surface area (Å²) in [6, 6.07) is 25.9. The van der Waals surface area contributed by atoms with Gasteiger partial charge in [-0.25, -0.2) is 9.37 Å². The van der Waals surface area contributed by atoms with Crippen LogP contribution in [0.25, 0.3) is 31.0 Å². The van der Waals surface area contributed by atoms with Crippen LogP contribution in [0, 0.1) is 30.0 Å². The third-order valence-corrected chi connectivity index (χ3v) is 15.8. The smallest absolute Gasteiger partial charge is 0.246 e. The molecule has 6 aromatic rings. The van der Waals surface area contributed by atoms with Gasteiger partial charge in [-0.05, 0) is 121 Å². The van der Waals surface area contributed by atoms with E-state index in [2.05, 4.69) is 25.4 Å². The summed E-state index contributed by atoms with van der Waals surface area (Å²) < 4.78 is 27.2. The molecule has 3 N–H and O–H groups in total. The first kappa shape index (κ1) is 48.2. The van der Waals surface area contributed by atoms with Crippen molar-refractivity contribution in [2.75, 3.05) is 52.4 Å². The van der Waals surface area contributed by atoms with E-state index in [1.165, 1.54) is 23.5 Å². The predicted octanol–water partition coefficient (Wildman–Crippen LogP) is 9.50. The van der Waals surface area contributed by atoms with Crippen molar-refractivity contribution >= 4 is 50.5 Å². The van der Waals surface area contributed by atoms with Crippen LogP contribution in [-0.2, 0) is 20.9 Å². The molecule has 4 aromatic carbocycles. The zero-order valence-electron chi connectivity index (χ0n) is 39.7. The van der Waals surface area contributed by atoms with Crippen molar-refractivity contribution in [3.8, 4) is 43.9 Å². The van der Waals surface area contributed by atoms with E-state index in [0.717, 1.165) is 93.7 Å². The highest BCUT2D eigenvalue weighted by Gasteiger charge is 2.42. The molecule has 2 aromatic heterocycles. The van der Waals surface area contributed by atoms with Crippen LogP contribution in [0.4, 0.5) is 4.39 Å². The number of nitrogens with one attached hydrogen (secondary N) is 2. The zero-order valence-corrected chi connectivity index (χ0v) is 41.3. The second-order valence-electron chi connectivity index (χ2n) is 19.8. The number of ether oxygens (including phenoxy) is 2. The molecule has 3 aliphatic rings. The van der Waals surface area contributed by atoms with Crippen LogP contribution < -0.4 is 20.1 Å². The Labute approximate surface area is 411 Å². The minimum atomic E-state index is -0.741. The van der Waals surface area contributed by atoms with Gasteiger partial charge < -0.3 is 35.0 Å². The highest BCUT2D eigenvalue weighted by molar-refractivity contribution is 7.22. The van der Waals surface area contributed by atoms with E-state index in [1.807, 2.05) is 87.8 Å². The number of thiophene rings is 1. The molecule has 3 aliphatic heterocycles. The number of aromatic nitrogens is 1. The van der Waals surface area contributed by atoms with E-state index in [-0.39, 0.29) is 29.3 Å². The summed E-state index contributed by atoms with van der Waals surface area (Å²) >= 11 is 3.09. The average molecular weight is 973 g/mol. The first-order valence-corrected chi connectivity index (χ1v) is 25.7. The number of likely N-dealkylation sites (tertiary alicyclic amines) is 3. The van der Waals surface area contributed by atoms with Gasteiger partial charge in [-0.3, -0.25) is 19.3 Å². The number of carbonyl (C=O) groups is 3. The van der Waals surface area contributed by atoms with Crippen molar-refractivity contribution in [3.05, 3.63) is 114 Å². The van der Waals surface area contributed by atoms with Crippen LogP contribution >= 0.6 is 22.7 Å². The fourth-order valence-corrected chi connectivity index (χ4v) is 12.0. The number of thiazole rings is 1. The first-order valence-electron chi connectivity index (χ1n) is 24.0. The number of amides is 3. The zero-order chi connectivity index (χ0) is 48.2. The molecule has 12 nitrogen and oxygen atoms in total. The fraction of sp³-hybridized carbons (Fsp3) is 0.407. The Morgan fingerprint density at radius 3 is 2.22 bits per heavy atom. The van der Waals surface area contributed by atoms with Gasteiger partial charge in [0.2, 0.25) is 17.7 Å². The number of aromatic hydroxyl groups is 1. The van der Waals surface area contributed by atoms with Crippen molar-refractivity contribution in [1.29, 1.82) is 0 Å². The number of phenols is 1. The number of hydrogen-bond acceptors (Lipinski definition) is 11. The van der Waals surface area contributed by atoms with Crippen LogP contribution in [0.2, 0.25) is 0 Å². The SMILES string of the molecule is Cc1ncsc1-c1ccc(CNC(=O)[C@@H]2CCCN2C(=O)C(NC(=O)CCCN2CC3CN(CCOc4ccc(Oc5c(-c6ccc(F)cc6)sc6cc(O)ccc56)cc4)CC3C2)C(C)(C)C)cc1. The van der Waals surface area contributed by atoms with E-state index in [0.29, 0.717) is 62.3 Å². The van der Waals surface area contributed by atoms with Crippen molar-refractivity contribution < 1.29 is 33.4 Å². The largest absolute Gasteiger partial charge is 0.508 e. The average Bonchev–Trinajstić information content (AvgIpc) is 4.18. The number of fused-ring (bicyclic) bond motifs is 2. The molecule has 3 amide bonds. The highest BCUT2D eigenvalue weighted by atomic mass is 32.1. The molecule has 362 valence electrons. The van der Waals surface area contributed by atoms with E-state index in [4.69, 9.17) is 9.47 Å². The molecule has 4 atom stereocenters. The molecular formula is C54H61FN6O6S2. The summed E-state index contributed by atoms with van der Waals surface area (Å²) in [7, 11) is 0. The minimum Gasteiger partial charge on any atom is -0.508 e. The molecule has 5 heterocycles. The summed E-state index contributed by atoms with van der Waals surface area (Å²) in [5.74, 6) is 2.59. The lowest BCUT2D eigenvalue weighted by molar-refractivity contribution is -0.144. The van der Waals surface area contributed by atoms with E-state index in [1.54, 1.807) is 40.5 Å². The second-order valence-corrected chi connectivity index (χ2v) is 21.7. The molecule has 0 bridgehead atoms. The van der Waals surface area contributed by atoms with Gasteiger partial charge in [0, 0.05) is 62.3 Å². The number of carbonyl (C=O) groups excluding carboxylic acids is 3. The van der Waals surface area contributed by atoms with Gasteiger partial charge in [0.15, 0.2) is 5.75 Å². The van der Waals surface area contributed by atoms with E-state index in [9.17, 15) is 23.9 Å². The third kappa shape index (κ3) is 11.4. The first-order chi connectivity index (χ1) is 33.2. The molecule has 15 heteroatoms. The van der Waals surface area contributed by atoms with Crippen molar-refractivity contribution in [2.24, 2.45) is 17.3 Å². The molecule has 0 saturated carbocycles. The molecule has 9 rings (SSSR count). The van der Waals surface area contributed by atoms with Crippen molar-refractivity contribution in [3.63, 3.8) is 0 Å². The third-order valence-electron chi connectivity index (χ3n) is 13.7. The maximum absolute atomic E-state index is 14.1. The number of rotatable bonds is 17. The van der Waals surface area contributed by atoms with E-state index >= 15 is 0 Å². The van der Waals surface area contributed by atoms with Crippen molar-refractivity contribution in [1.82, 2.24) is 30.3 Å². The van der Waals surface area contributed by atoms with Crippen LogP contribution in [0.5, 0.6) is 23.0 Å². The van der Waals surface area contributed by atoms with Crippen LogP contribution in [0.1, 0.15) is 57.7 Å². The summed E-state index contributed by atoms with van der Waals surface area (Å²) in [6.45, 7) is 15.0. The summed E-state index contributed by atoms with van der Waals surface area (Å²) in [6.07, 6.45) is 2.37. The number of halogens is 1. The number of aryl methyl sites for hydroxylation is 1. The fourth-order valence-electron chi connectivity index (χ4n) is 10.00. The van der Waals surface area contributed by atoms with Gasteiger partial charge in [-0.1, -0.05) is 57.2 Å². The number of nitrogens with zero attached hydrogens (tertiary/aromatic N) is 4. The minimum absolute atomic E-state index is 0.137. The molecule has 3 fully saturated rings. The monoisotopic (exact) mass is 972 g/mol. The Morgan fingerprint density at radius 1 is 0.870 bits per heavy atom. The van der Waals surface area contributed by atoms with Gasteiger partial charge in [0.25, 0.3) is 0 Å². The lowest BCUT2D eigenvalue weighted by atomic mass is 9.85. The Balaban J connectivity index is 0.686. The van der Waals surface area contributed by atoms with E-state index < -0.39 is 17.5 Å². The Morgan fingerprint density at radius 2 is 1.54 bits per heavy atom. The summed E-state index contributed by atoms with van der Waals surface area (Å²) in [4.78, 5) is 53.9. The van der Waals surface area contributed by atoms with Gasteiger partial charge in [0.05, 0.1) is 21.0 Å². The van der Waals surface area contributed by atoms with Gasteiger partial charge in [-0.2, -0.15) is 0 Å². The molecule has 0 spiro atoms. The van der Waals surface area contributed by atoms with Gasteiger partial charge in [-0.15, -0.1) is 22.7 Å². The normalized spacial score (nSPS) is 18.9. The predicted molar refractivity (Wildman–Crippen MR) is 270 cm³/mol. The number of benzene rings is 4. The van der Waals surface area contributed by atoms with Gasteiger partial charge in [0.1, 0.15) is 41.8 Å². The lowest BCUT2D eigenvalue weighted by Gasteiger charge is -2.35. The van der Waals surface area contributed by atoms with Gasteiger partial charge >= 0.3 is 0 Å². The van der Waals surface area contributed by atoms with Crippen LogP contribution in [0.15, 0.2) is 96.5 Å². The summed E-state index contributed by atoms with van der Waals surface area (Å²) in [5.41, 5.74) is 5.21. The molecule has 0 aliphatic carbocycles. The lowest BCUT2D eigenvalue weighted by Crippen LogP contribution is -2.57. The molecule has 69 heavy (non-hydrogen) atoms. The number of phenolic OH excluding ortho intramolecular Hbond substituents is 1. The van der Waals surface area contributed by atoms with Crippen LogP contribution in [-0.4, -0.2) is 107 Å². The van der Waals surface area contributed by atoms with Crippen molar-refractivity contribution in [2.45, 2.75) is 72.0 Å². The van der Waals surface area contributed by atoms with Crippen LogP contribution in [0.3, 0.4) is 0 Å². The highest BCUT2D eigenvalue weighted by Crippen LogP contribution is 2.47. The maximum atomic E-state index is 14.1. The molecule has 0 radical (unpaired) electrons.